The first-order valence-corrected chi connectivity index (χ1v) is 7.30. The maximum Gasteiger partial charge on any atom is 0.339 e. The lowest BCUT2D eigenvalue weighted by atomic mass is 10.1. The number of aromatic carboxylic acids is 1. The molecule has 0 aliphatic heterocycles. The topological polar surface area (TPSA) is 90.8 Å². The van der Waals surface area contributed by atoms with Crippen LogP contribution >= 0.6 is 0 Å². The van der Waals surface area contributed by atoms with Gasteiger partial charge < -0.3 is 19.3 Å². The summed E-state index contributed by atoms with van der Waals surface area (Å²) >= 11 is 0. The molecule has 0 aliphatic rings. The van der Waals surface area contributed by atoms with Crippen LogP contribution in [-0.4, -0.2) is 35.3 Å². The Hall–Kier alpha value is -2.83. The number of carboxylic acids is 1. The molecule has 1 N–H and O–H groups in total. The second kappa shape index (κ2) is 7.16. The molecule has 2 rings (SSSR count). The van der Waals surface area contributed by atoms with E-state index in [9.17, 15) is 9.90 Å². The van der Waals surface area contributed by atoms with Gasteiger partial charge in [0.25, 0.3) is 0 Å². The SMILES string of the molecule is COc1cc(OC)c(OCc2nc(C)c(C)nc2C)c(C(=O)O)c1. The Balaban J connectivity index is 2.39. The van der Waals surface area contributed by atoms with Crippen molar-refractivity contribution in [2.45, 2.75) is 27.4 Å². The molecule has 0 aliphatic carbocycles. The zero-order valence-electron chi connectivity index (χ0n) is 14.3. The summed E-state index contributed by atoms with van der Waals surface area (Å²) in [5.74, 6) is -0.352. The van der Waals surface area contributed by atoms with Gasteiger partial charge in [-0.2, -0.15) is 0 Å². The van der Waals surface area contributed by atoms with Gasteiger partial charge in [-0.1, -0.05) is 0 Å². The second-order valence-electron chi connectivity index (χ2n) is 5.23. The average Bonchev–Trinajstić information content (AvgIpc) is 2.56. The van der Waals surface area contributed by atoms with Crippen LogP contribution in [0.1, 0.15) is 33.1 Å². The number of ether oxygens (including phenoxy) is 3. The van der Waals surface area contributed by atoms with Gasteiger partial charge in [0.05, 0.1) is 37.0 Å². The van der Waals surface area contributed by atoms with Gasteiger partial charge in [-0.25, -0.2) is 4.79 Å². The van der Waals surface area contributed by atoms with Crippen LogP contribution in [0.3, 0.4) is 0 Å². The van der Waals surface area contributed by atoms with Gasteiger partial charge in [0.15, 0.2) is 11.5 Å². The lowest BCUT2D eigenvalue weighted by Gasteiger charge is -2.15. The summed E-state index contributed by atoms with van der Waals surface area (Å²) in [6, 6.07) is 2.96. The molecule has 7 heteroatoms. The molecular formula is C17H20N2O5. The van der Waals surface area contributed by atoms with Crippen LogP contribution in [-0.2, 0) is 6.61 Å². The molecule has 0 fully saturated rings. The van der Waals surface area contributed by atoms with Gasteiger partial charge in [0.2, 0.25) is 0 Å². The molecule has 0 unspecified atom stereocenters. The summed E-state index contributed by atoms with van der Waals surface area (Å²) < 4.78 is 16.0. The van der Waals surface area contributed by atoms with Gasteiger partial charge >= 0.3 is 5.97 Å². The minimum Gasteiger partial charge on any atom is -0.497 e. The number of aryl methyl sites for hydroxylation is 3. The Kier molecular flexibility index (Phi) is 5.23. The van der Waals surface area contributed by atoms with Crippen LogP contribution in [0.4, 0.5) is 0 Å². The first-order valence-electron chi connectivity index (χ1n) is 7.30. The summed E-state index contributed by atoms with van der Waals surface area (Å²) in [6.07, 6.45) is 0. The van der Waals surface area contributed by atoms with Gasteiger partial charge in [0.1, 0.15) is 17.9 Å². The molecule has 0 saturated carbocycles. The van der Waals surface area contributed by atoms with Gasteiger partial charge in [-0.3, -0.25) is 9.97 Å². The number of aromatic nitrogens is 2. The number of nitrogens with zero attached hydrogens (tertiary/aromatic N) is 2. The number of carboxylic acid groups (broad SMARTS) is 1. The van der Waals surface area contributed by atoms with Gasteiger partial charge in [-0.05, 0) is 26.8 Å². The van der Waals surface area contributed by atoms with Crippen molar-refractivity contribution in [3.8, 4) is 17.2 Å². The van der Waals surface area contributed by atoms with Crippen LogP contribution in [0.5, 0.6) is 17.2 Å². The highest BCUT2D eigenvalue weighted by atomic mass is 16.5. The number of hydrogen-bond acceptors (Lipinski definition) is 6. The Morgan fingerprint density at radius 1 is 1.04 bits per heavy atom. The molecule has 0 radical (unpaired) electrons. The van der Waals surface area contributed by atoms with E-state index in [2.05, 4.69) is 9.97 Å². The quantitative estimate of drug-likeness (QED) is 0.869. The fraction of sp³-hybridized carbons (Fsp3) is 0.353. The zero-order valence-corrected chi connectivity index (χ0v) is 14.3. The Labute approximate surface area is 140 Å². The number of carbonyl (C=O) groups is 1. The predicted molar refractivity (Wildman–Crippen MR) is 87.1 cm³/mol. The molecule has 24 heavy (non-hydrogen) atoms. The highest BCUT2D eigenvalue weighted by Gasteiger charge is 2.20. The van der Waals surface area contributed by atoms with Crippen molar-refractivity contribution in [1.29, 1.82) is 0 Å². The number of hydrogen-bond donors (Lipinski definition) is 1. The second-order valence-corrected chi connectivity index (χ2v) is 5.23. The van der Waals surface area contributed by atoms with E-state index in [4.69, 9.17) is 14.2 Å². The number of rotatable bonds is 6. The monoisotopic (exact) mass is 332 g/mol. The standard InChI is InChI=1S/C17H20N2O5/c1-9-10(2)19-14(11(3)18-9)8-24-16-13(17(20)21)6-12(22-4)7-15(16)23-5/h6-7H,8H2,1-5H3,(H,20,21). The molecule has 0 bridgehead atoms. The molecule has 0 atom stereocenters. The molecular weight excluding hydrogens is 312 g/mol. The third-order valence-corrected chi connectivity index (χ3v) is 3.65. The largest absolute Gasteiger partial charge is 0.497 e. The normalized spacial score (nSPS) is 10.4. The fourth-order valence-electron chi connectivity index (χ4n) is 2.19. The summed E-state index contributed by atoms with van der Waals surface area (Å²) in [4.78, 5) is 20.4. The third-order valence-electron chi connectivity index (χ3n) is 3.65. The first-order chi connectivity index (χ1) is 11.4. The summed E-state index contributed by atoms with van der Waals surface area (Å²) in [7, 11) is 2.89. The number of methoxy groups -OCH3 is 2. The third kappa shape index (κ3) is 3.56. The van der Waals surface area contributed by atoms with Crippen molar-refractivity contribution in [3.63, 3.8) is 0 Å². The summed E-state index contributed by atoms with van der Waals surface area (Å²) in [6.45, 7) is 5.67. The maximum absolute atomic E-state index is 11.5. The van der Waals surface area contributed by atoms with Crippen molar-refractivity contribution in [2.75, 3.05) is 14.2 Å². The van der Waals surface area contributed by atoms with Crippen molar-refractivity contribution in [1.82, 2.24) is 9.97 Å². The molecule has 1 aromatic carbocycles. The molecule has 0 spiro atoms. The lowest BCUT2D eigenvalue weighted by molar-refractivity contribution is 0.0690. The Morgan fingerprint density at radius 2 is 1.71 bits per heavy atom. The highest BCUT2D eigenvalue weighted by Crippen LogP contribution is 2.36. The summed E-state index contributed by atoms with van der Waals surface area (Å²) in [5, 5.41) is 9.42. The number of benzene rings is 1. The molecule has 1 aromatic heterocycles. The van der Waals surface area contributed by atoms with E-state index < -0.39 is 5.97 Å². The van der Waals surface area contributed by atoms with Crippen LogP contribution in [0.15, 0.2) is 12.1 Å². The van der Waals surface area contributed by atoms with E-state index in [1.54, 1.807) is 6.07 Å². The molecule has 7 nitrogen and oxygen atoms in total. The van der Waals surface area contributed by atoms with Crippen molar-refractivity contribution < 1.29 is 24.1 Å². The molecule has 2 aromatic rings. The van der Waals surface area contributed by atoms with E-state index in [0.29, 0.717) is 11.4 Å². The van der Waals surface area contributed by atoms with E-state index >= 15 is 0 Å². The van der Waals surface area contributed by atoms with E-state index in [-0.39, 0.29) is 23.7 Å². The minimum atomic E-state index is -1.13. The van der Waals surface area contributed by atoms with Crippen LogP contribution in [0.25, 0.3) is 0 Å². The fourth-order valence-corrected chi connectivity index (χ4v) is 2.19. The van der Waals surface area contributed by atoms with Crippen LogP contribution in [0, 0.1) is 20.8 Å². The van der Waals surface area contributed by atoms with Crippen LogP contribution in [0.2, 0.25) is 0 Å². The van der Waals surface area contributed by atoms with E-state index in [1.165, 1.54) is 20.3 Å². The Morgan fingerprint density at radius 3 is 2.29 bits per heavy atom. The Bertz CT molecular complexity index is 774. The average molecular weight is 332 g/mol. The smallest absolute Gasteiger partial charge is 0.339 e. The van der Waals surface area contributed by atoms with E-state index in [0.717, 1.165) is 17.1 Å². The molecule has 0 saturated heterocycles. The van der Waals surface area contributed by atoms with E-state index in [1.807, 2.05) is 20.8 Å². The van der Waals surface area contributed by atoms with Crippen molar-refractivity contribution in [2.24, 2.45) is 0 Å². The predicted octanol–water partition coefficient (Wildman–Crippen LogP) is 2.70. The van der Waals surface area contributed by atoms with Crippen LogP contribution < -0.4 is 14.2 Å². The molecule has 1 heterocycles. The van der Waals surface area contributed by atoms with Crippen molar-refractivity contribution >= 4 is 5.97 Å². The first kappa shape index (κ1) is 17.5. The van der Waals surface area contributed by atoms with Crippen molar-refractivity contribution in [3.05, 3.63) is 40.5 Å². The molecule has 0 amide bonds. The zero-order chi connectivity index (χ0) is 17.9. The van der Waals surface area contributed by atoms with Gasteiger partial charge in [-0.15, -0.1) is 0 Å². The maximum atomic E-state index is 11.5. The lowest BCUT2D eigenvalue weighted by Crippen LogP contribution is -2.09. The summed E-state index contributed by atoms with van der Waals surface area (Å²) in [5.41, 5.74) is 3.00. The minimum absolute atomic E-state index is 0.0411. The highest BCUT2D eigenvalue weighted by molar-refractivity contribution is 5.92. The molecule has 128 valence electrons. The van der Waals surface area contributed by atoms with Gasteiger partial charge in [0, 0.05) is 6.07 Å².